The molecule has 0 saturated heterocycles. The highest BCUT2D eigenvalue weighted by Gasteiger charge is 2.16. The molecule has 3 rings (SSSR count). The maximum absolute atomic E-state index is 12.5. The Morgan fingerprint density at radius 3 is 2.55 bits per heavy atom. The van der Waals surface area contributed by atoms with Crippen molar-refractivity contribution < 1.29 is 17.9 Å². The first-order valence-corrected chi connectivity index (χ1v) is 11.7. The fourth-order valence-corrected chi connectivity index (χ4v) is 4.37. The first-order chi connectivity index (χ1) is 13.8. The number of aryl methyl sites for hydroxylation is 1. The molecular formula is C20H23N3O4S2. The lowest BCUT2D eigenvalue weighted by atomic mass is 10.1. The number of unbranched alkanes of at least 4 members (excludes halogenated alkanes) is 1. The van der Waals surface area contributed by atoms with Gasteiger partial charge in [-0.3, -0.25) is 4.79 Å². The molecule has 1 heterocycles. The first kappa shape index (κ1) is 21.4. The molecule has 2 aromatic carbocycles. The number of rotatable bonds is 9. The Labute approximate surface area is 174 Å². The number of nitrogens with zero attached hydrogens (tertiary/aromatic N) is 2. The molecule has 3 aromatic rings. The number of hydrogen-bond acceptors (Lipinski definition) is 6. The van der Waals surface area contributed by atoms with Gasteiger partial charge >= 0.3 is 0 Å². The van der Waals surface area contributed by atoms with E-state index in [2.05, 4.69) is 11.9 Å². The van der Waals surface area contributed by atoms with E-state index in [1.165, 1.54) is 23.9 Å². The van der Waals surface area contributed by atoms with Gasteiger partial charge in [0.15, 0.2) is 10.9 Å². The summed E-state index contributed by atoms with van der Waals surface area (Å²) in [7, 11) is -2.22. The normalized spacial score (nSPS) is 11.7. The number of hydrogen-bond donors (Lipinski definition) is 1. The van der Waals surface area contributed by atoms with Crippen LogP contribution in [0.15, 0.2) is 52.5 Å². The van der Waals surface area contributed by atoms with Gasteiger partial charge in [0.25, 0.3) is 0 Å². The highest BCUT2D eigenvalue weighted by Crippen LogP contribution is 2.27. The van der Waals surface area contributed by atoms with Crippen molar-refractivity contribution in [2.75, 3.05) is 12.9 Å². The van der Waals surface area contributed by atoms with Gasteiger partial charge in [-0.15, -0.1) is 0 Å². The maximum atomic E-state index is 12.5. The van der Waals surface area contributed by atoms with E-state index < -0.39 is 10.0 Å². The molecule has 154 valence electrons. The molecule has 0 radical (unpaired) electrons. The van der Waals surface area contributed by atoms with Gasteiger partial charge in [0, 0.05) is 12.1 Å². The average molecular weight is 434 g/mol. The molecule has 0 aliphatic carbocycles. The van der Waals surface area contributed by atoms with Crippen LogP contribution in [0, 0.1) is 0 Å². The van der Waals surface area contributed by atoms with Crippen molar-refractivity contribution in [1.82, 2.24) is 9.55 Å². The van der Waals surface area contributed by atoms with Gasteiger partial charge in [0.1, 0.15) is 5.75 Å². The molecule has 9 heteroatoms. The van der Waals surface area contributed by atoms with Gasteiger partial charge in [-0.2, -0.15) is 0 Å². The number of aromatic nitrogens is 2. The second kappa shape index (κ2) is 8.98. The fraction of sp³-hybridized carbons (Fsp3) is 0.300. The molecule has 0 atom stereocenters. The van der Waals surface area contributed by atoms with Crippen LogP contribution in [0.25, 0.3) is 11.0 Å². The van der Waals surface area contributed by atoms with Crippen LogP contribution in [0.5, 0.6) is 5.75 Å². The quantitative estimate of drug-likeness (QED) is 0.409. The molecule has 0 fully saturated rings. The van der Waals surface area contributed by atoms with Gasteiger partial charge in [0.2, 0.25) is 10.0 Å². The van der Waals surface area contributed by atoms with E-state index in [0.717, 1.165) is 24.9 Å². The third-order valence-corrected chi connectivity index (χ3v) is 6.38. The van der Waals surface area contributed by atoms with Gasteiger partial charge in [0.05, 0.1) is 28.8 Å². The fourth-order valence-electron chi connectivity index (χ4n) is 2.90. The van der Waals surface area contributed by atoms with E-state index in [-0.39, 0.29) is 16.4 Å². The Kier molecular flexibility index (Phi) is 6.61. The number of primary sulfonamides is 1. The van der Waals surface area contributed by atoms with Crippen LogP contribution in [0.1, 0.15) is 30.1 Å². The Balaban J connectivity index is 1.87. The molecule has 2 N–H and O–H groups in total. The molecule has 0 unspecified atom stereocenters. The van der Waals surface area contributed by atoms with Crippen molar-refractivity contribution in [2.45, 2.75) is 36.4 Å². The van der Waals surface area contributed by atoms with E-state index in [0.29, 0.717) is 22.0 Å². The molecule has 0 amide bonds. The second-order valence-corrected chi connectivity index (χ2v) is 9.04. The summed E-state index contributed by atoms with van der Waals surface area (Å²) in [5.74, 6) is 0.905. The highest BCUT2D eigenvalue weighted by atomic mass is 32.2. The van der Waals surface area contributed by atoms with Crippen molar-refractivity contribution in [1.29, 1.82) is 0 Å². The molecule has 1 aromatic heterocycles. The van der Waals surface area contributed by atoms with Crippen molar-refractivity contribution >= 4 is 38.6 Å². The Morgan fingerprint density at radius 1 is 1.21 bits per heavy atom. The zero-order valence-corrected chi connectivity index (χ0v) is 17.9. The number of thioether (sulfide) groups is 1. The first-order valence-electron chi connectivity index (χ1n) is 9.16. The minimum absolute atomic E-state index is 0.0167. The van der Waals surface area contributed by atoms with Crippen LogP contribution in [0.2, 0.25) is 0 Å². The number of ketones is 1. The van der Waals surface area contributed by atoms with Crippen LogP contribution in [-0.2, 0) is 16.6 Å². The van der Waals surface area contributed by atoms with E-state index in [1.54, 1.807) is 37.4 Å². The number of imidazole rings is 1. The van der Waals surface area contributed by atoms with E-state index in [9.17, 15) is 13.2 Å². The Bertz CT molecular complexity index is 1120. The zero-order chi connectivity index (χ0) is 21.0. The predicted molar refractivity (Wildman–Crippen MR) is 114 cm³/mol. The lowest BCUT2D eigenvalue weighted by Gasteiger charge is -2.08. The van der Waals surface area contributed by atoms with Crippen LogP contribution in [-0.4, -0.2) is 36.6 Å². The number of fused-ring (bicyclic) bond motifs is 1. The summed E-state index contributed by atoms with van der Waals surface area (Å²) in [6.45, 7) is 2.83. The van der Waals surface area contributed by atoms with E-state index in [1.807, 2.05) is 4.57 Å². The van der Waals surface area contributed by atoms with Crippen molar-refractivity contribution in [3.8, 4) is 5.75 Å². The van der Waals surface area contributed by atoms with Crippen LogP contribution < -0.4 is 9.88 Å². The molecule has 0 spiro atoms. The minimum Gasteiger partial charge on any atom is -0.497 e. The number of ether oxygens (including phenoxy) is 1. The SMILES string of the molecule is CCCCn1c(SCC(=O)c2ccc(OC)cc2)nc2cc(S(N)(=O)=O)ccc21. The second-order valence-electron chi connectivity index (χ2n) is 6.54. The third-order valence-electron chi connectivity index (χ3n) is 4.49. The molecule has 7 nitrogen and oxygen atoms in total. The summed E-state index contributed by atoms with van der Waals surface area (Å²) < 4.78 is 30.4. The largest absolute Gasteiger partial charge is 0.497 e. The van der Waals surface area contributed by atoms with Gasteiger partial charge in [-0.05, 0) is 48.9 Å². The third kappa shape index (κ3) is 4.98. The number of Topliss-reactive ketones (excluding diaryl/α,β-unsaturated/α-hetero) is 1. The smallest absolute Gasteiger partial charge is 0.238 e. The number of carbonyl (C=O) groups is 1. The number of methoxy groups -OCH3 is 1. The summed E-state index contributed by atoms with van der Waals surface area (Å²) in [5.41, 5.74) is 1.98. The summed E-state index contributed by atoms with van der Waals surface area (Å²) in [6, 6.07) is 11.7. The lowest BCUT2D eigenvalue weighted by molar-refractivity contribution is 0.102. The maximum Gasteiger partial charge on any atom is 0.238 e. The topological polar surface area (TPSA) is 104 Å². The van der Waals surface area contributed by atoms with Crippen molar-refractivity contribution in [3.05, 3.63) is 48.0 Å². The van der Waals surface area contributed by atoms with E-state index >= 15 is 0 Å². The average Bonchev–Trinajstić information content (AvgIpc) is 3.06. The molecule has 0 aliphatic heterocycles. The molecule has 0 saturated carbocycles. The van der Waals surface area contributed by atoms with Crippen molar-refractivity contribution in [3.63, 3.8) is 0 Å². The number of nitrogens with two attached hydrogens (primary N) is 1. The van der Waals surface area contributed by atoms with Gasteiger partial charge < -0.3 is 9.30 Å². The monoisotopic (exact) mass is 433 g/mol. The Morgan fingerprint density at radius 2 is 1.93 bits per heavy atom. The van der Waals surface area contributed by atoms with Crippen LogP contribution in [0.3, 0.4) is 0 Å². The molecular weight excluding hydrogens is 410 g/mol. The van der Waals surface area contributed by atoms with Crippen LogP contribution in [0.4, 0.5) is 0 Å². The van der Waals surface area contributed by atoms with Crippen LogP contribution >= 0.6 is 11.8 Å². The summed E-state index contributed by atoms with van der Waals surface area (Å²) in [4.78, 5) is 17.1. The molecule has 29 heavy (non-hydrogen) atoms. The predicted octanol–water partition coefficient (Wildman–Crippen LogP) is 3.47. The summed E-state index contributed by atoms with van der Waals surface area (Å²) in [5, 5.41) is 5.92. The lowest BCUT2D eigenvalue weighted by Crippen LogP contribution is -2.11. The number of benzene rings is 2. The van der Waals surface area contributed by atoms with Gasteiger partial charge in [-0.25, -0.2) is 18.5 Å². The van der Waals surface area contributed by atoms with E-state index in [4.69, 9.17) is 9.88 Å². The number of sulfonamides is 1. The van der Waals surface area contributed by atoms with Crippen molar-refractivity contribution in [2.24, 2.45) is 5.14 Å². The molecule has 0 bridgehead atoms. The standard InChI is InChI=1S/C20H23N3O4S2/c1-3-4-11-23-18-10-9-16(29(21,25)26)12-17(18)22-20(23)28-13-19(24)14-5-7-15(27-2)8-6-14/h5-10,12H,3-4,11,13H2,1-2H3,(H2,21,25,26). The summed E-state index contributed by atoms with van der Waals surface area (Å²) >= 11 is 1.34. The highest BCUT2D eigenvalue weighted by molar-refractivity contribution is 7.99. The number of carbonyl (C=O) groups excluding carboxylic acids is 1. The van der Waals surface area contributed by atoms with Gasteiger partial charge in [-0.1, -0.05) is 25.1 Å². The summed E-state index contributed by atoms with van der Waals surface area (Å²) in [6.07, 6.45) is 1.95. The molecule has 0 aliphatic rings. The minimum atomic E-state index is -3.80. The zero-order valence-electron chi connectivity index (χ0n) is 16.3. The Hall–Kier alpha value is -2.36.